The highest BCUT2D eigenvalue weighted by molar-refractivity contribution is 5.96. The molecule has 1 aromatic rings. The quantitative estimate of drug-likeness (QED) is 0.652. The van der Waals surface area contributed by atoms with E-state index < -0.39 is 5.97 Å². The molecule has 1 unspecified atom stereocenters. The molecular weight excluding hydrogens is 296 g/mol. The lowest BCUT2D eigenvalue weighted by Gasteiger charge is -2.12. The van der Waals surface area contributed by atoms with Crippen molar-refractivity contribution in [2.24, 2.45) is 5.92 Å². The van der Waals surface area contributed by atoms with Crippen molar-refractivity contribution < 1.29 is 19.5 Å². The van der Waals surface area contributed by atoms with Crippen LogP contribution < -0.4 is 10.6 Å². The molecule has 1 aromatic carbocycles. The molecule has 0 fully saturated rings. The highest BCUT2D eigenvalue weighted by Gasteiger charge is 2.12. The van der Waals surface area contributed by atoms with Crippen LogP contribution in [0, 0.1) is 5.92 Å². The molecule has 0 radical (unpaired) electrons. The van der Waals surface area contributed by atoms with Gasteiger partial charge in [0.2, 0.25) is 5.91 Å². The van der Waals surface area contributed by atoms with Gasteiger partial charge in [-0.3, -0.25) is 14.4 Å². The molecule has 0 bridgehead atoms. The fraction of sp³-hybridized carbons (Fsp3) is 0.471. The fourth-order valence-electron chi connectivity index (χ4n) is 2.00. The number of carboxylic acids is 1. The highest BCUT2D eigenvalue weighted by atomic mass is 16.4. The van der Waals surface area contributed by atoms with Crippen LogP contribution in [0.4, 0.5) is 5.69 Å². The Morgan fingerprint density at radius 2 is 1.83 bits per heavy atom. The van der Waals surface area contributed by atoms with Gasteiger partial charge in [0.05, 0.1) is 6.42 Å². The number of anilines is 1. The van der Waals surface area contributed by atoms with Gasteiger partial charge in [-0.25, -0.2) is 0 Å². The summed E-state index contributed by atoms with van der Waals surface area (Å²) in [5, 5.41) is 13.9. The predicted molar refractivity (Wildman–Crippen MR) is 88.3 cm³/mol. The molecular formula is C17H24N2O4. The minimum Gasteiger partial charge on any atom is -0.481 e. The van der Waals surface area contributed by atoms with Gasteiger partial charge in [0.1, 0.15) is 0 Å². The number of hydrogen-bond donors (Lipinski definition) is 3. The van der Waals surface area contributed by atoms with Gasteiger partial charge in [0.15, 0.2) is 0 Å². The van der Waals surface area contributed by atoms with Crippen molar-refractivity contribution in [2.75, 3.05) is 11.9 Å². The molecule has 0 saturated heterocycles. The average molecular weight is 320 g/mol. The first-order valence-corrected chi connectivity index (χ1v) is 7.85. The van der Waals surface area contributed by atoms with Crippen molar-refractivity contribution >= 4 is 23.5 Å². The first kappa shape index (κ1) is 18.7. The summed E-state index contributed by atoms with van der Waals surface area (Å²) in [6, 6.07) is 6.53. The Bertz CT molecular complexity index is 540. The van der Waals surface area contributed by atoms with E-state index in [-0.39, 0.29) is 30.7 Å². The number of carboxylic acid groups (broad SMARTS) is 1. The van der Waals surface area contributed by atoms with Crippen LogP contribution >= 0.6 is 0 Å². The molecule has 0 saturated carbocycles. The number of rotatable bonds is 9. The van der Waals surface area contributed by atoms with E-state index in [0.717, 1.165) is 19.3 Å². The molecule has 6 nitrogen and oxygen atoms in total. The molecule has 126 valence electrons. The number of nitrogens with one attached hydrogen (secondary N) is 2. The molecule has 0 heterocycles. The van der Waals surface area contributed by atoms with Gasteiger partial charge in [0, 0.05) is 23.7 Å². The molecule has 0 aliphatic carbocycles. The summed E-state index contributed by atoms with van der Waals surface area (Å²) in [5.74, 6) is -1.37. The average Bonchev–Trinajstić information content (AvgIpc) is 2.52. The topological polar surface area (TPSA) is 95.5 Å². The van der Waals surface area contributed by atoms with Crippen LogP contribution in [0.5, 0.6) is 0 Å². The Labute approximate surface area is 136 Å². The maximum Gasteiger partial charge on any atom is 0.305 e. The zero-order chi connectivity index (χ0) is 17.2. The Hall–Kier alpha value is -2.37. The maximum atomic E-state index is 12.0. The number of aliphatic carboxylic acids is 1. The van der Waals surface area contributed by atoms with Crippen molar-refractivity contribution in [3.63, 3.8) is 0 Å². The van der Waals surface area contributed by atoms with Gasteiger partial charge >= 0.3 is 5.97 Å². The van der Waals surface area contributed by atoms with E-state index in [4.69, 9.17) is 5.11 Å². The van der Waals surface area contributed by atoms with Crippen molar-refractivity contribution in [3.8, 4) is 0 Å². The number of hydrogen-bond acceptors (Lipinski definition) is 3. The van der Waals surface area contributed by atoms with E-state index in [1.165, 1.54) is 0 Å². The zero-order valence-corrected chi connectivity index (χ0v) is 13.6. The normalized spacial score (nSPS) is 11.6. The smallest absolute Gasteiger partial charge is 0.305 e. The van der Waals surface area contributed by atoms with Crippen LogP contribution in [-0.2, 0) is 9.59 Å². The first-order chi connectivity index (χ1) is 10.9. The number of unbranched alkanes of at least 4 members (excludes halogenated alkanes) is 1. The van der Waals surface area contributed by atoms with Gasteiger partial charge in [-0.2, -0.15) is 0 Å². The molecule has 0 aliphatic heterocycles. The third kappa shape index (κ3) is 6.95. The van der Waals surface area contributed by atoms with E-state index in [9.17, 15) is 14.4 Å². The standard InChI is InChI=1S/C17H24N2O4/c1-3-4-5-12(2)16(22)19-14-8-6-13(7-9-14)17(23)18-11-10-15(20)21/h6-9,12H,3-5,10-11H2,1-2H3,(H,18,23)(H,19,22)(H,20,21). The number of carbonyl (C=O) groups is 3. The Balaban J connectivity index is 2.51. The summed E-state index contributed by atoms with van der Waals surface area (Å²) in [7, 11) is 0. The summed E-state index contributed by atoms with van der Waals surface area (Å²) in [6.07, 6.45) is 2.81. The lowest BCUT2D eigenvalue weighted by molar-refractivity contribution is -0.136. The maximum absolute atomic E-state index is 12.0. The minimum absolute atomic E-state index is 0.0305. The number of carbonyl (C=O) groups excluding carboxylic acids is 2. The van der Waals surface area contributed by atoms with E-state index in [2.05, 4.69) is 17.6 Å². The van der Waals surface area contributed by atoms with E-state index >= 15 is 0 Å². The van der Waals surface area contributed by atoms with Gasteiger partial charge in [-0.05, 0) is 30.7 Å². The van der Waals surface area contributed by atoms with Crippen LogP contribution in [0.25, 0.3) is 0 Å². The predicted octanol–water partition coefficient (Wildman–Crippen LogP) is 2.66. The summed E-state index contributed by atoms with van der Waals surface area (Å²) >= 11 is 0. The molecule has 0 aromatic heterocycles. The van der Waals surface area contributed by atoms with Crippen molar-refractivity contribution in [2.45, 2.75) is 39.5 Å². The SMILES string of the molecule is CCCCC(C)C(=O)Nc1ccc(C(=O)NCCC(=O)O)cc1. The molecule has 3 N–H and O–H groups in total. The highest BCUT2D eigenvalue weighted by Crippen LogP contribution is 2.14. The zero-order valence-electron chi connectivity index (χ0n) is 13.6. The molecule has 1 atom stereocenters. The summed E-state index contributed by atoms with van der Waals surface area (Å²) in [5.41, 5.74) is 1.06. The third-order valence-electron chi connectivity index (χ3n) is 3.48. The molecule has 6 heteroatoms. The number of benzene rings is 1. The third-order valence-corrected chi connectivity index (χ3v) is 3.48. The second kappa shape index (κ2) is 9.61. The second-order valence-corrected chi connectivity index (χ2v) is 5.51. The molecule has 2 amide bonds. The molecule has 23 heavy (non-hydrogen) atoms. The van der Waals surface area contributed by atoms with Gasteiger partial charge in [0.25, 0.3) is 5.91 Å². The molecule has 1 rings (SSSR count). The van der Waals surface area contributed by atoms with Crippen LogP contribution in [0.3, 0.4) is 0 Å². The lowest BCUT2D eigenvalue weighted by atomic mass is 10.0. The van der Waals surface area contributed by atoms with Crippen molar-refractivity contribution in [3.05, 3.63) is 29.8 Å². The summed E-state index contributed by atoms with van der Waals surface area (Å²) in [6.45, 7) is 4.07. The number of amides is 2. The second-order valence-electron chi connectivity index (χ2n) is 5.51. The van der Waals surface area contributed by atoms with Crippen molar-refractivity contribution in [1.82, 2.24) is 5.32 Å². The van der Waals surface area contributed by atoms with Gasteiger partial charge in [-0.15, -0.1) is 0 Å². The minimum atomic E-state index is -0.958. The Morgan fingerprint density at radius 3 is 2.39 bits per heavy atom. The monoisotopic (exact) mass is 320 g/mol. The fourth-order valence-corrected chi connectivity index (χ4v) is 2.00. The van der Waals surface area contributed by atoms with E-state index in [1.54, 1.807) is 24.3 Å². The van der Waals surface area contributed by atoms with Crippen LogP contribution in [0.1, 0.15) is 49.9 Å². The summed E-state index contributed by atoms with van der Waals surface area (Å²) in [4.78, 5) is 34.2. The molecule has 0 spiro atoms. The first-order valence-electron chi connectivity index (χ1n) is 7.85. The van der Waals surface area contributed by atoms with Crippen LogP contribution in [-0.4, -0.2) is 29.4 Å². The van der Waals surface area contributed by atoms with Crippen LogP contribution in [0.15, 0.2) is 24.3 Å². The van der Waals surface area contributed by atoms with Crippen LogP contribution in [0.2, 0.25) is 0 Å². The largest absolute Gasteiger partial charge is 0.481 e. The van der Waals surface area contributed by atoms with Gasteiger partial charge < -0.3 is 15.7 Å². The Kier molecular flexibility index (Phi) is 7.80. The lowest BCUT2D eigenvalue weighted by Crippen LogP contribution is -2.26. The van der Waals surface area contributed by atoms with Crippen molar-refractivity contribution in [1.29, 1.82) is 0 Å². The Morgan fingerprint density at radius 1 is 1.17 bits per heavy atom. The van der Waals surface area contributed by atoms with Gasteiger partial charge in [-0.1, -0.05) is 26.7 Å². The van der Waals surface area contributed by atoms with E-state index in [0.29, 0.717) is 11.3 Å². The molecule has 0 aliphatic rings. The van der Waals surface area contributed by atoms with E-state index in [1.807, 2.05) is 6.92 Å². The summed E-state index contributed by atoms with van der Waals surface area (Å²) < 4.78 is 0.